The topological polar surface area (TPSA) is 54.5 Å². The molecule has 1 aliphatic rings. The summed E-state index contributed by atoms with van der Waals surface area (Å²) in [5.41, 5.74) is 1.71. The Morgan fingerprint density at radius 2 is 1.94 bits per heavy atom. The van der Waals surface area contributed by atoms with Gasteiger partial charge >= 0.3 is 0 Å². The zero-order valence-corrected chi connectivity index (χ0v) is 10.3. The van der Waals surface area contributed by atoms with Crippen molar-refractivity contribution in [2.24, 2.45) is 0 Å². The number of aldehydes is 1. The second kappa shape index (κ2) is 4.98. The van der Waals surface area contributed by atoms with E-state index < -0.39 is 9.84 Å². The molecule has 1 heterocycles. The highest BCUT2D eigenvalue weighted by Gasteiger charge is 2.21. The molecule has 0 amide bonds. The quantitative estimate of drug-likeness (QED) is 0.745. The minimum Gasteiger partial charge on any atom is -0.298 e. The van der Waals surface area contributed by atoms with E-state index in [2.05, 4.69) is 4.90 Å². The molecule has 2 rings (SSSR count). The number of hydrogen-bond acceptors (Lipinski definition) is 4. The molecule has 1 saturated heterocycles. The van der Waals surface area contributed by atoms with Crippen LogP contribution in [0.15, 0.2) is 24.3 Å². The molecule has 5 heteroatoms. The molecule has 0 atom stereocenters. The van der Waals surface area contributed by atoms with Crippen LogP contribution in [-0.4, -0.2) is 44.2 Å². The van der Waals surface area contributed by atoms with E-state index in [4.69, 9.17) is 0 Å². The Morgan fingerprint density at radius 1 is 1.24 bits per heavy atom. The van der Waals surface area contributed by atoms with Crippen LogP contribution >= 0.6 is 0 Å². The van der Waals surface area contributed by atoms with Gasteiger partial charge in [-0.3, -0.25) is 9.69 Å². The summed E-state index contributed by atoms with van der Waals surface area (Å²) >= 11 is 0. The first kappa shape index (κ1) is 12.3. The van der Waals surface area contributed by atoms with E-state index in [1.807, 2.05) is 18.2 Å². The summed E-state index contributed by atoms with van der Waals surface area (Å²) in [6, 6.07) is 7.41. The van der Waals surface area contributed by atoms with E-state index in [0.29, 0.717) is 25.2 Å². The van der Waals surface area contributed by atoms with Crippen LogP contribution in [0, 0.1) is 0 Å². The Labute approximate surface area is 101 Å². The highest BCUT2D eigenvalue weighted by atomic mass is 32.2. The number of nitrogens with zero attached hydrogens (tertiary/aromatic N) is 1. The molecule has 1 fully saturated rings. The van der Waals surface area contributed by atoms with Gasteiger partial charge in [0.15, 0.2) is 9.84 Å². The fraction of sp³-hybridized carbons (Fsp3) is 0.417. The minimum atomic E-state index is -2.82. The molecule has 0 unspecified atom stereocenters. The smallest absolute Gasteiger partial charge is 0.152 e. The lowest BCUT2D eigenvalue weighted by Gasteiger charge is -2.26. The molecule has 4 nitrogen and oxygen atoms in total. The van der Waals surface area contributed by atoms with Gasteiger partial charge in [0.1, 0.15) is 6.29 Å². The first-order valence-corrected chi connectivity index (χ1v) is 7.38. The summed E-state index contributed by atoms with van der Waals surface area (Å²) in [6.45, 7) is 1.86. The lowest BCUT2D eigenvalue weighted by molar-refractivity contribution is 0.112. The fourth-order valence-corrected chi connectivity index (χ4v) is 3.21. The molecule has 0 radical (unpaired) electrons. The van der Waals surface area contributed by atoms with Gasteiger partial charge in [-0.05, 0) is 11.6 Å². The summed E-state index contributed by atoms with van der Waals surface area (Å²) < 4.78 is 22.6. The average molecular weight is 253 g/mol. The van der Waals surface area contributed by atoms with Crippen LogP contribution in [-0.2, 0) is 16.4 Å². The molecule has 0 N–H and O–H groups in total. The standard InChI is InChI=1S/C12H15NO3S/c14-10-12-3-1-2-11(8-12)9-13-4-6-17(15,16)7-5-13/h1-3,8,10H,4-7,9H2. The van der Waals surface area contributed by atoms with Gasteiger partial charge in [0.2, 0.25) is 0 Å². The van der Waals surface area contributed by atoms with Gasteiger partial charge in [-0.15, -0.1) is 0 Å². The van der Waals surface area contributed by atoms with E-state index in [9.17, 15) is 13.2 Å². The van der Waals surface area contributed by atoms with Crippen molar-refractivity contribution in [3.63, 3.8) is 0 Å². The molecule has 0 aliphatic carbocycles. The molecule has 1 aliphatic heterocycles. The Kier molecular flexibility index (Phi) is 3.59. The van der Waals surface area contributed by atoms with E-state index in [-0.39, 0.29) is 11.5 Å². The predicted molar refractivity (Wildman–Crippen MR) is 65.8 cm³/mol. The van der Waals surface area contributed by atoms with Gasteiger partial charge < -0.3 is 0 Å². The molecule has 0 spiro atoms. The molecule has 17 heavy (non-hydrogen) atoms. The lowest BCUT2D eigenvalue weighted by Crippen LogP contribution is -2.39. The van der Waals surface area contributed by atoms with E-state index in [0.717, 1.165) is 11.8 Å². The van der Waals surface area contributed by atoms with Crippen molar-refractivity contribution < 1.29 is 13.2 Å². The van der Waals surface area contributed by atoms with E-state index in [1.165, 1.54) is 0 Å². The molecule has 1 aromatic rings. The van der Waals surface area contributed by atoms with E-state index >= 15 is 0 Å². The number of carbonyl (C=O) groups is 1. The first-order valence-electron chi connectivity index (χ1n) is 5.56. The van der Waals surface area contributed by atoms with Crippen molar-refractivity contribution in [2.75, 3.05) is 24.6 Å². The van der Waals surface area contributed by atoms with Crippen LogP contribution in [0.4, 0.5) is 0 Å². The zero-order valence-electron chi connectivity index (χ0n) is 9.50. The van der Waals surface area contributed by atoms with Gasteiger partial charge in [0.05, 0.1) is 11.5 Å². The number of carbonyl (C=O) groups excluding carboxylic acids is 1. The van der Waals surface area contributed by atoms with Crippen LogP contribution < -0.4 is 0 Å². The van der Waals surface area contributed by atoms with Crippen molar-refractivity contribution in [1.82, 2.24) is 4.90 Å². The highest BCUT2D eigenvalue weighted by Crippen LogP contribution is 2.10. The number of hydrogen-bond donors (Lipinski definition) is 0. The molecule has 0 bridgehead atoms. The second-order valence-corrected chi connectivity index (χ2v) is 6.59. The summed E-state index contributed by atoms with van der Waals surface area (Å²) in [5.74, 6) is 0.473. The molecular formula is C12H15NO3S. The minimum absolute atomic E-state index is 0.236. The number of sulfone groups is 1. The average Bonchev–Trinajstić information content (AvgIpc) is 2.32. The summed E-state index contributed by atoms with van der Waals surface area (Å²) in [4.78, 5) is 12.7. The maximum atomic E-state index is 11.3. The highest BCUT2D eigenvalue weighted by molar-refractivity contribution is 7.91. The Hall–Kier alpha value is -1.20. The van der Waals surface area contributed by atoms with Crippen LogP contribution in [0.25, 0.3) is 0 Å². The van der Waals surface area contributed by atoms with Gasteiger partial charge in [0.25, 0.3) is 0 Å². The molecule has 0 saturated carbocycles. The number of rotatable bonds is 3. The monoisotopic (exact) mass is 253 g/mol. The lowest BCUT2D eigenvalue weighted by atomic mass is 10.1. The van der Waals surface area contributed by atoms with Crippen molar-refractivity contribution in [2.45, 2.75) is 6.54 Å². The van der Waals surface area contributed by atoms with Crippen LogP contribution in [0.2, 0.25) is 0 Å². The third-order valence-corrected chi connectivity index (χ3v) is 4.54. The Morgan fingerprint density at radius 3 is 2.59 bits per heavy atom. The molecular weight excluding hydrogens is 238 g/mol. The van der Waals surface area contributed by atoms with Crippen LogP contribution in [0.1, 0.15) is 15.9 Å². The summed E-state index contributed by atoms with van der Waals surface area (Å²) in [7, 11) is -2.82. The maximum absolute atomic E-state index is 11.3. The van der Waals surface area contributed by atoms with Crippen molar-refractivity contribution in [3.8, 4) is 0 Å². The zero-order chi connectivity index (χ0) is 12.3. The van der Waals surface area contributed by atoms with Crippen molar-refractivity contribution in [1.29, 1.82) is 0 Å². The first-order chi connectivity index (χ1) is 8.09. The maximum Gasteiger partial charge on any atom is 0.152 e. The second-order valence-electron chi connectivity index (χ2n) is 4.29. The summed E-state index contributed by atoms with van der Waals surface area (Å²) in [6.07, 6.45) is 0.824. The van der Waals surface area contributed by atoms with Crippen molar-refractivity contribution >= 4 is 16.1 Å². The SMILES string of the molecule is O=Cc1cccc(CN2CCS(=O)(=O)CC2)c1. The molecule has 0 aromatic heterocycles. The number of benzene rings is 1. The van der Waals surface area contributed by atoms with Crippen LogP contribution in [0.3, 0.4) is 0 Å². The van der Waals surface area contributed by atoms with Crippen molar-refractivity contribution in [3.05, 3.63) is 35.4 Å². The Bertz CT molecular complexity index is 496. The Balaban J connectivity index is 1.99. The largest absolute Gasteiger partial charge is 0.298 e. The van der Waals surface area contributed by atoms with E-state index in [1.54, 1.807) is 6.07 Å². The van der Waals surface area contributed by atoms with Gasteiger partial charge in [-0.1, -0.05) is 18.2 Å². The normalized spacial score (nSPS) is 20.0. The summed E-state index contributed by atoms with van der Waals surface area (Å²) in [5, 5.41) is 0. The van der Waals surface area contributed by atoms with Crippen LogP contribution in [0.5, 0.6) is 0 Å². The third-order valence-electron chi connectivity index (χ3n) is 2.93. The fourth-order valence-electron chi connectivity index (χ4n) is 1.93. The van der Waals surface area contributed by atoms with Gasteiger partial charge in [0, 0.05) is 25.2 Å². The third kappa shape index (κ3) is 3.38. The molecule has 92 valence electrons. The predicted octanol–water partition coefficient (Wildman–Crippen LogP) is 0.730. The molecule has 1 aromatic carbocycles. The van der Waals surface area contributed by atoms with Gasteiger partial charge in [-0.2, -0.15) is 0 Å². The van der Waals surface area contributed by atoms with Gasteiger partial charge in [-0.25, -0.2) is 8.42 Å².